The summed E-state index contributed by atoms with van der Waals surface area (Å²) in [6.07, 6.45) is 7.13. The van der Waals surface area contributed by atoms with E-state index in [2.05, 4.69) is 11.2 Å². The van der Waals surface area contributed by atoms with Gasteiger partial charge in [-0.25, -0.2) is 0 Å². The number of nitrogens with one attached hydrogen (secondary N) is 1. The molecule has 0 bridgehead atoms. The molecular formula is C12H19NO4. The molecule has 1 amide bonds. The molecule has 0 aliphatic rings. The number of terminal acetylenes is 1. The number of carboxylic acids is 1. The molecule has 0 aromatic rings. The van der Waals surface area contributed by atoms with Crippen molar-refractivity contribution in [3.63, 3.8) is 0 Å². The highest BCUT2D eigenvalue weighted by atomic mass is 16.4. The van der Waals surface area contributed by atoms with E-state index in [-0.39, 0.29) is 12.5 Å². The molecular weight excluding hydrogens is 222 g/mol. The van der Waals surface area contributed by atoms with Crippen LogP contribution in [0.25, 0.3) is 0 Å². The summed E-state index contributed by atoms with van der Waals surface area (Å²) in [7, 11) is 0. The number of hydrogen-bond donors (Lipinski definition) is 3. The largest absolute Gasteiger partial charge is 0.481 e. The van der Waals surface area contributed by atoms with Gasteiger partial charge in [-0.15, -0.1) is 12.3 Å². The van der Waals surface area contributed by atoms with Crippen LogP contribution in [0.2, 0.25) is 0 Å². The van der Waals surface area contributed by atoms with Gasteiger partial charge in [0.25, 0.3) is 0 Å². The quantitative estimate of drug-likeness (QED) is 0.427. The molecule has 0 rings (SSSR count). The topological polar surface area (TPSA) is 86.6 Å². The Labute approximate surface area is 101 Å². The van der Waals surface area contributed by atoms with Crippen LogP contribution in [0.5, 0.6) is 0 Å². The minimum absolute atomic E-state index is 0.0622. The fourth-order valence-corrected chi connectivity index (χ4v) is 1.28. The summed E-state index contributed by atoms with van der Waals surface area (Å²) in [5.74, 6) is 1.18. The molecule has 17 heavy (non-hydrogen) atoms. The number of aliphatic hydroxyl groups is 1. The number of carbonyl (C=O) groups is 2. The van der Waals surface area contributed by atoms with Crippen molar-refractivity contribution in [3.05, 3.63) is 0 Å². The van der Waals surface area contributed by atoms with E-state index in [4.69, 9.17) is 11.5 Å². The van der Waals surface area contributed by atoms with Crippen LogP contribution in [0.4, 0.5) is 0 Å². The summed E-state index contributed by atoms with van der Waals surface area (Å²) >= 11 is 0. The number of unbranched alkanes of at least 4 members (excludes halogenated alkanes) is 2. The van der Waals surface area contributed by atoms with E-state index in [9.17, 15) is 14.7 Å². The van der Waals surface area contributed by atoms with E-state index < -0.39 is 18.0 Å². The third kappa shape index (κ3) is 9.39. The zero-order valence-corrected chi connectivity index (χ0v) is 10.0. The second-order valence-corrected chi connectivity index (χ2v) is 4.26. The summed E-state index contributed by atoms with van der Waals surface area (Å²) < 4.78 is 0. The fourth-order valence-electron chi connectivity index (χ4n) is 1.28. The average Bonchev–Trinajstić information content (AvgIpc) is 2.20. The number of amides is 1. The molecule has 0 aromatic carbocycles. The van der Waals surface area contributed by atoms with Crippen molar-refractivity contribution in [1.29, 1.82) is 0 Å². The van der Waals surface area contributed by atoms with Gasteiger partial charge in [0.05, 0.1) is 12.0 Å². The molecule has 3 N–H and O–H groups in total. The predicted octanol–water partition coefficient (Wildman–Crippen LogP) is 0.522. The monoisotopic (exact) mass is 241 g/mol. The van der Waals surface area contributed by atoms with Crippen LogP contribution in [0.3, 0.4) is 0 Å². The van der Waals surface area contributed by atoms with E-state index in [0.717, 1.165) is 6.42 Å². The van der Waals surface area contributed by atoms with Crippen molar-refractivity contribution in [3.8, 4) is 12.3 Å². The first-order chi connectivity index (χ1) is 7.87. The molecule has 0 radical (unpaired) electrons. The molecule has 0 aliphatic carbocycles. The first-order valence-corrected chi connectivity index (χ1v) is 5.52. The zero-order chi connectivity index (χ0) is 13.3. The van der Waals surface area contributed by atoms with E-state index >= 15 is 0 Å². The Bertz CT molecular complexity index is 304. The Balaban J connectivity index is 3.76. The summed E-state index contributed by atoms with van der Waals surface area (Å²) in [5.41, 5.74) is -1.42. The zero-order valence-electron chi connectivity index (χ0n) is 10.0. The minimum atomic E-state index is -1.42. The van der Waals surface area contributed by atoms with Crippen LogP contribution in [0.15, 0.2) is 0 Å². The molecule has 1 unspecified atom stereocenters. The molecule has 0 heterocycles. The van der Waals surface area contributed by atoms with Crippen molar-refractivity contribution in [1.82, 2.24) is 5.32 Å². The molecule has 0 spiro atoms. The van der Waals surface area contributed by atoms with Crippen LogP contribution in [-0.2, 0) is 9.59 Å². The highest BCUT2D eigenvalue weighted by molar-refractivity contribution is 5.76. The minimum Gasteiger partial charge on any atom is -0.481 e. The lowest BCUT2D eigenvalue weighted by Crippen LogP contribution is -2.42. The van der Waals surface area contributed by atoms with Crippen molar-refractivity contribution in [2.45, 2.75) is 44.6 Å². The van der Waals surface area contributed by atoms with Crippen LogP contribution >= 0.6 is 0 Å². The average molecular weight is 241 g/mol. The first-order valence-electron chi connectivity index (χ1n) is 5.52. The van der Waals surface area contributed by atoms with Gasteiger partial charge in [-0.2, -0.15) is 0 Å². The molecule has 0 fully saturated rings. The summed E-state index contributed by atoms with van der Waals surface area (Å²) in [6, 6.07) is 0. The number of aliphatic carboxylic acids is 1. The standard InChI is InChI=1S/C12H19NO4/c1-3-4-5-6-7-10(14)13-9-12(2,17)8-11(15)16/h1,17H,4-9H2,2H3,(H,13,14)(H,15,16). The van der Waals surface area contributed by atoms with Crippen LogP contribution in [0, 0.1) is 12.3 Å². The van der Waals surface area contributed by atoms with E-state index in [1.165, 1.54) is 6.92 Å². The maximum atomic E-state index is 11.3. The van der Waals surface area contributed by atoms with Crippen molar-refractivity contribution < 1.29 is 19.8 Å². The Kier molecular flexibility index (Phi) is 6.99. The third-order valence-electron chi connectivity index (χ3n) is 2.17. The third-order valence-corrected chi connectivity index (χ3v) is 2.17. The molecule has 5 heteroatoms. The summed E-state index contributed by atoms with van der Waals surface area (Å²) in [5, 5.41) is 20.6. The van der Waals surface area contributed by atoms with Crippen LogP contribution in [-0.4, -0.2) is 34.2 Å². The van der Waals surface area contributed by atoms with Crippen LogP contribution in [0.1, 0.15) is 39.0 Å². The SMILES string of the molecule is C#CCCCCC(=O)NCC(C)(O)CC(=O)O. The lowest BCUT2D eigenvalue weighted by molar-refractivity contribution is -0.142. The lowest BCUT2D eigenvalue weighted by atomic mass is 10.0. The summed E-state index contributed by atoms with van der Waals surface area (Å²) in [6.45, 7) is 1.31. The molecule has 5 nitrogen and oxygen atoms in total. The van der Waals surface area contributed by atoms with Gasteiger partial charge in [0, 0.05) is 19.4 Å². The van der Waals surface area contributed by atoms with Gasteiger partial charge < -0.3 is 15.5 Å². The maximum absolute atomic E-state index is 11.3. The number of carbonyl (C=O) groups excluding carboxylic acids is 1. The van der Waals surface area contributed by atoms with Gasteiger partial charge in [-0.3, -0.25) is 9.59 Å². The maximum Gasteiger partial charge on any atom is 0.306 e. The normalized spacial score (nSPS) is 13.5. The number of hydrogen-bond acceptors (Lipinski definition) is 3. The Morgan fingerprint density at radius 1 is 1.41 bits per heavy atom. The van der Waals surface area contributed by atoms with Crippen molar-refractivity contribution in [2.24, 2.45) is 0 Å². The van der Waals surface area contributed by atoms with Gasteiger partial charge in [-0.05, 0) is 19.8 Å². The Morgan fingerprint density at radius 2 is 2.06 bits per heavy atom. The molecule has 0 aliphatic heterocycles. The van der Waals surface area contributed by atoms with Crippen molar-refractivity contribution >= 4 is 11.9 Å². The predicted molar refractivity (Wildman–Crippen MR) is 63.2 cm³/mol. The highest BCUT2D eigenvalue weighted by Crippen LogP contribution is 2.07. The highest BCUT2D eigenvalue weighted by Gasteiger charge is 2.24. The van der Waals surface area contributed by atoms with E-state index in [1.807, 2.05) is 0 Å². The molecule has 0 aromatic heterocycles. The lowest BCUT2D eigenvalue weighted by Gasteiger charge is -2.21. The smallest absolute Gasteiger partial charge is 0.306 e. The Hall–Kier alpha value is -1.54. The number of rotatable bonds is 8. The molecule has 96 valence electrons. The Morgan fingerprint density at radius 3 is 2.59 bits per heavy atom. The first kappa shape index (κ1) is 15.5. The van der Waals surface area contributed by atoms with Crippen LogP contribution < -0.4 is 5.32 Å². The van der Waals surface area contributed by atoms with Gasteiger partial charge in [0.15, 0.2) is 0 Å². The summed E-state index contributed by atoms with van der Waals surface area (Å²) in [4.78, 5) is 21.7. The molecule has 0 saturated carbocycles. The fraction of sp³-hybridized carbons (Fsp3) is 0.667. The van der Waals surface area contributed by atoms with E-state index in [1.54, 1.807) is 0 Å². The van der Waals surface area contributed by atoms with Gasteiger partial charge >= 0.3 is 5.97 Å². The second kappa shape index (κ2) is 7.69. The molecule has 0 saturated heterocycles. The van der Waals surface area contributed by atoms with E-state index in [0.29, 0.717) is 19.3 Å². The molecule has 1 atom stereocenters. The van der Waals surface area contributed by atoms with Gasteiger partial charge in [-0.1, -0.05) is 0 Å². The second-order valence-electron chi connectivity index (χ2n) is 4.26. The van der Waals surface area contributed by atoms with Gasteiger partial charge in [0.2, 0.25) is 5.91 Å². The van der Waals surface area contributed by atoms with Crippen molar-refractivity contribution in [2.75, 3.05) is 6.54 Å². The number of carboxylic acid groups (broad SMARTS) is 1. The van der Waals surface area contributed by atoms with Gasteiger partial charge in [0.1, 0.15) is 0 Å².